The van der Waals surface area contributed by atoms with Crippen LogP contribution in [0.2, 0.25) is 0 Å². The lowest BCUT2D eigenvalue weighted by atomic mass is 10.0. The molecule has 0 unspecified atom stereocenters. The molecule has 25 heavy (non-hydrogen) atoms. The minimum absolute atomic E-state index is 0.110. The van der Waals surface area contributed by atoms with Crippen LogP contribution in [0.4, 0.5) is 4.39 Å². The monoisotopic (exact) mass is 342 g/mol. The maximum absolute atomic E-state index is 14.3. The Morgan fingerprint density at radius 2 is 1.68 bits per heavy atom. The quantitative estimate of drug-likeness (QED) is 0.280. The Hall–Kier alpha value is -2.92. The summed E-state index contributed by atoms with van der Waals surface area (Å²) in [6.45, 7) is 10.2. The number of carbonyl (C=O) groups is 1. The maximum Gasteiger partial charge on any atom is 0.338 e. The van der Waals surface area contributed by atoms with Gasteiger partial charge >= 0.3 is 5.97 Å². The van der Waals surface area contributed by atoms with Crippen LogP contribution in [-0.4, -0.2) is 17.4 Å². The molecule has 0 radical (unpaired) electrons. The van der Waals surface area contributed by atoms with E-state index in [0.717, 1.165) is 6.07 Å². The zero-order valence-electron chi connectivity index (χ0n) is 14.1. The number of halogens is 1. The van der Waals surface area contributed by atoms with E-state index in [4.69, 9.17) is 9.47 Å². The number of aliphatic hydroxyl groups excluding tert-OH is 1. The summed E-state index contributed by atoms with van der Waals surface area (Å²) in [5, 5.41) is 9.62. The first-order valence-electron chi connectivity index (χ1n) is 7.55. The number of ether oxygens (including phenoxy) is 2. The summed E-state index contributed by atoms with van der Waals surface area (Å²) in [7, 11) is 0. The second kappa shape index (κ2) is 7.77. The Morgan fingerprint density at radius 3 is 2.20 bits per heavy atom. The van der Waals surface area contributed by atoms with Crippen LogP contribution in [0.3, 0.4) is 0 Å². The third-order valence-electron chi connectivity index (χ3n) is 3.33. The molecule has 0 saturated heterocycles. The summed E-state index contributed by atoms with van der Waals surface area (Å²) >= 11 is 0. The lowest BCUT2D eigenvalue weighted by Gasteiger charge is -2.13. The van der Waals surface area contributed by atoms with Gasteiger partial charge in [0.2, 0.25) is 6.29 Å². The number of benzene rings is 2. The summed E-state index contributed by atoms with van der Waals surface area (Å²) in [5.74, 6) is -0.585. The highest BCUT2D eigenvalue weighted by Crippen LogP contribution is 2.28. The molecule has 0 aromatic heterocycles. The fraction of sp³-hybridized carbons (Fsp3) is 0.150. The van der Waals surface area contributed by atoms with Crippen molar-refractivity contribution < 1.29 is 23.8 Å². The van der Waals surface area contributed by atoms with Gasteiger partial charge in [0, 0.05) is 17.2 Å². The molecular formula is C20H19FO4. The van der Waals surface area contributed by atoms with E-state index < -0.39 is 18.1 Å². The van der Waals surface area contributed by atoms with Gasteiger partial charge in [-0.1, -0.05) is 25.3 Å². The van der Waals surface area contributed by atoms with E-state index in [1.807, 2.05) is 0 Å². The average molecular weight is 342 g/mol. The van der Waals surface area contributed by atoms with Gasteiger partial charge in [-0.3, -0.25) is 0 Å². The van der Waals surface area contributed by atoms with Gasteiger partial charge < -0.3 is 14.6 Å². The van der Waals surface area contributed by atoms with Crippen LogP contribution in [0.25, 0.3) is 11.1 Å². The van der Waals surface area contributed by atoms with Crippen LogP contribution in [0.1, 0.15) is 13.8 Å². The highest BCUT2D eigenvalue weighted by molar-refractivity contribution is 5.88. The highest BCUT2D eigenvalue weighted by Gasteiger charge is 2.11. The van der Waals surface area contributed by atoms with E-state index in [0.29, 0.717) is 22.4 Å². The molecule has 2 rings (SSSR count). The summed E-state index contributed by atoms with van der Waals surface area (Å²) in [6, 6.07) is 10.7. The molecule has 0 amide bonds. The van der Waals surface area contributed by atoms with Gasteiger partial charge in [-0.15, -0.1) is 0 Å². The Bertz CT molecular complexity index is 809. The van der Waals surface area contributed by atoms with Gasteiger partial charge in [-0.2, -0.15) is 0 Å². The minimum Gasteiger partial charge on any atom is -0.461 e. The third-order valence-corrected chi connectivity index (χ3v) is 3.33. The number of aliphatic hydroxyl groups is 1. The van der Waals surface area contributed by atoms with Crippen LogP contribution in [0.5, 0.6) is 11.5 Å². The molecule has 0 aliphatic carbocycles. The van der Waals surface area contributed by atoms with Crippen LogP contribution < -0.4 is 9.47 Å². The van der Waals surface area contributed by atoms with Crippen molar-refractivity contribution in [2.75, 3.05) is 0 Å². The van der Waals surface area contributed by atoms with Crippen molar-refractivity contribution in [2.45, 2.75) is 20.1 Å². The largest absolute Gasteiger partial charge is 0.461 e. The predicted octanol–water partition coefficient (Wildman–Crippen LogP) is 4.25. The van der Waals surface area contributed by atoms with Gasteiger partial charge in [0.15, 0.2) is 0 Å². The summed E-state index contributed by atoms with van der Waals surface area (Å²) in [5.41, 5.74) is 1.68. The van der Waals surface area contributed by atoms with Gasteiger partial charge in [0.25, 0.3) is 0 Å². The molecular weight excluding hydrogens is 323 g/mol. The predicted molar refractivity (Wildman–Crippen MR) is 93.7 cm³/mol. The zero-order valence-corrected chi connectivity index (χ0v) is 14.1. The molecule has 0 heterocycles. The smallest absolute Gasteiger partial charge is 0.338 e. The Morgan fingerprint density at radius 1 is 1.08 bits per heavy atom. The highest BCUT2D eigenvalue weighted by atomic mass is 19.1. The number of carbonyl (C=O) groups excluding carboxylic acids is 1. The van der Waals surface area contributed by atoms with Gasteiger partial charge in [-0.25, -0.2) is 9.18 Å². The van der Waals surface area contributed by atoms with E-state index in [2.05, 4.69) is 13.2 Å². The molecule has 4 nitrogen and oxygen atoms in total. The number of hydrogen-bond donors (Lipinski definition) is 1. The molecule has 0 fully saturated rings. The van der Waals surface area contributed by atoms with E-state index in [-0.39, 0.29) is 11.3 Å². The average Bonchev–Trinajstić information content (AvgIpc) is 2.55. The second-order valence-electron chi connectivity index (χ2n) is 5.65. The van der Waals surface area contributed by atoms with Crippen molar-refractivity contribution in [3.05, 3.63) is 72.6 Å². The molecule has 1 atom stereocenters. The van der Waals surface area contributed by atoms with Gasteiger partial charge in [0.1, 0.15) is 17.3 Å². The summed E-state index contributed by atoms with van der Waals surface area (Å²) in [4.78, 5) is 11.5. The molecule has 0 spiro atoms. The van der Waals surface area contributed by atoms with Gasteiger partial charge in [0.05, 0.1) is 0 Å². The molecule has 130 valence electrons. The molecule has 5 heteroatoms. The summed E-state index contributed by atoms with van der Waals surface area (Å²) in [6.07, 6.45) is -1.09. The van der Waals surface area contributed by atoms with Crippen LogP contribution in [0.15, 0.2) is 66.8 Å². The van der Waals surface area contributed by atoms with Gasteiger partial charge in [-0.05, 0) is 49.2 Å². The second-order valence-corrected chi connectivity index (χ2v) is 5.65. The zero-order chi connectivity index (χ0) is 18.6. The molecule has 0 saturated carbocycles. The fourth-order valence-electron chi connectivity index (χ4n) is 1.93. The van der Waals surface area contributed by atoms with E-state index in [1.165, 1.54) is 19.1 Å². The molecule has 0 bridgehead atoms. The van der Waals surface area contributed by atoms with Crippen molar-refractivity contribution in [3.63, 3.8) is 0 Å². The van der Waals surface area contributed by atoms with Crippen molar-refractivity contribution in [1.29, 1.82) is 0 Å². The van der Waals surface area contributed by atoms with Crippen molar-refractivity contribution in [2.24, 2.45) is 0 Å². The van der Waals surface area contributed by atoms with Crippen LogP contribution in [0, 0.1) is 5.82 Å². The summed E-state index contributed by atoms with van der Waals surface area (Å²) < 4.78 is 24.6. The number of rotatable bonds is 6. The normalized spacial score (nSPS) is 11.5. The number of esters is 1. The topological polar surface area (TPSA) is 55.8 Å². The minimum atomic E-state index is -1.09. The SMILES string of the molecule is C=C(C)C(=O)Oc1ccc(-c2ccc(O[C@@H](O)C(=C)C)cc2)c(F)c1. The molecule has 2 aromatic rings. The lowest BCUT2D eigenvalue weighted by molar-refractivity contribution is -0.130. The number of hydrogen-bond acceptors (Lipinski definition) is 4. The van der Waals surface area contributed by atoms with E-state index >= 15 is 0 Å². The third kappa shape index (κ3) is 4.78. The van der Waals surface area contributed by atoms with Crippen LogP contribution in [-0.2, 0) is 4.79 Å². The first-order valence-corrected chi connectivity index (χ1v) is 7.55. The van der Waals surface area contributed by atoms with E-state index in [9.17, 15) is 14.3 Å². The Kier molecular flexibility index (Phi) is 5.72. The first kappa shape index (κ1) is 18.4. The van der Waals surface area contributed by atoms with E-state index in [1.54, 1.807) is 31.2 Å². The van der Waals surface area contributed by atoms with Crippen molar-refractivity contribution in [1.82, 2.24) is 0 Å². The van der Waals surface area contributed by atoms with Crippen molar-refractivity contribution >= 4 is 5.97 Å². The fourth-order valence-corrected chi connectivity index (χ4v) is 1.93. The Labute approximate surface area is 145 Å². The van der Waals surface area contributed by atoms with Crippen LogP contribution >= 0.6 is 0 Å². The maximum atomic E-state index is 14.3. The lowest BCUT2D eigenvalue weighted by Crippen LogP contribution is -2.15. The molecule has 0 aliphatic rings. The van der Waals surface area contributed by atoms with Crippen molar-refractivity contribution in [3.8, 4) is 22.6 Å². The first-order chi connectivity index (χ1) is 11.8. The molecule has 2 aromatic carbocycles. The Balaban J connectivity index is 2.17. The molecule has 1 N–H and O–H groups in total. The molecule has 0 aliphatic heterocycles. The standard InChI is InChI=1S/C20H19FO4/c1-12(2)19(22)24-15-7-5-14(6-8-15)17-10-9-16(11-18(17)21)25-20(23)13(3)4/h5-11,19,22H,1,3H2,2,4H3/t19-/m1/s1.